The second-order valence-electron chi connectivity index (χ2n) is 5.36. The topological polar surface area (TPSA) is 72.7 Å². The van der Waals surface area contributed by atoms with Gasteiger partial charge in [0, 0.05) is 16.4 Å². The molecule has 3 rings (SSSR count). The molecule has 6 nitrogen and oxygen atoms in total. The average Bonchev–Trinajstić information content (AvgIpc) is 2.99. The molecular weight excluding hydrogens is 386 g/mol. The Morgan fingerprint density at radius 2 is 2.08 bits per heavy atom. The normalized spacial score (nSPS) is 10.7. The minimum atomic E-state index is -0.455. The van der Waals surface area contributed by atoms with Gasteiger partial charge in [0.15, 0.2) is 0 Å². The molecular formula is C18H16BrN3O3. The zero-order valence-corrected chi connectivity index (χ0v) is 15.3. The van der Waals surface area contributed by atoms with E-state index in [0.29, 0.717) is 34.7 Å². The third kappa shape index (κ3) is 3.41. The van der Waals surface area contributed by atoms with E-state index in [2.05, 4.69) is 26.2 Å². The van der Waals surface area contributed by atoms with Crippen LogP contribution in [-0.2, 0) is 11.2 Å². The number of esters is 1. The minimum absolute atomic E-state index is 0.288. The van der Waals surface area contributed by atoms with Gasteiger partial charge in [0.1, 0.15) is 11.3 Å². The molecule has 0 spiro atoms. The van der Waals surface area contributed by atoms with Crippen LogP contribution >= 0.6 is 15.9 Å². The number of aryl methyl sites for hydroxylation is 1. The fourth-order valence-corrected chi connectivity index (χ4v) is 2.92. The Bertz CT molecular complexity index is 965. The van der Waals surface area contributed by atoms with Crippen LogP contribution in [0.4, 0.5) is 5.69 Å². The van der Waals surface area contributed by atoms with Crippen molar-refractivity contribution in [1.82, 2.24) is 9.38 Å². The Balaban J connectivity index is 1.98. The number of ether oxygens (including phenoxy) is 1. The predicted molar refractivity (Wildman–Crippen MR) is 98.0 cm³/mol. The highest BCUT2D eigenvalue weighted by Gasteiger charge is 2.19. The molecule has 2 aromatic heterocycles. The van der Waals surface area contributed by atoms with Gasteiger partial charge in [-0.1, -0.05) is 13.0 Å². The van der Waals surface area contributed by atoms with E-state index in [-0.39, 0.29) is 5.91 Å². The van der Waals surface area contributed by atoms with Gasteiger partial charge in [-0.25, -0.2) is 9.78 Å². The number of nitrogens with one attached hydrogen (secondary N) is 1. The van der Waals surface area contributed by atoms with Gasteiger partial charge in [-0.3, -0.25) is 9.20 Å². The van der Waals surface area contributed by atoms with Crippen LogP contribution in [0.1, 0.15) is 33.5 Å². The van der Waals surface area contributed by atoms with Crippen molar-refractivity contribution in [3.8, 4) is 0 Å². The number of benzene rings is 1. The molecule has 1 N–H and O–H groups in total. The molecule has 1 aromatic carbocycles. The van der Waals surface area contributed by atoms with Gasteiger partial charge < -0.3 is 10.1 Å². The number of nitrogens with zero attached hydrogens (tertiary/aromatic N) is 2. The number of carbonyl (C=O) groups is 2. The lowest BCUT2D eigenvalue weighted by Crippen LogP contribution is -2.16. The molecule has 0 aliphatic heterocycles. The van der Waals surface area contributed by atoms with Crippen LogP contribution in [-0.4, -0.2) is 28.4 Å². The summed E-state index contributed by atoms with van der Waals surface area (Å²) in [5.74, 6) is -0.742. The monoisotopic (exact) mass is 401 g/mol. The highest BCUT2D eigenvalue weighted by atomic mass is 79.9. The first kappa shape index (κ1) is 17.2. The molecule has 0 saturated heterocycles. The Morgan fingerprint density at radius 3 is 2.80 bits per heavy atom. The van der Waals surface area contributed by atoms with Crippen LogP contribution in [0.3, 0.4) is 0 Å². The van der Waals surface area contributed by atoms with Crippen molar-refractivity contribution in [2.45, 2.75) is 13.3 Å². The molecule has 2 heterocycles. The van der Waals surface area contributed by atoms with Crippen molar-refractivity contribution in [1.29, 1.82) is 0 Å². The maximum Gasteiger partial charge on any atom is 0.337 e. The minimum Gasteiger partial charge on any atom is -0.465 e. The summed E-state index contributed by atoms with van der Waals surface area (Å²) < 4.78 is 7.31. The van der Waals surface area contributed by atoms with Gasteiger partial charge in [-0.2, -0.15) is 0 Å². The summed E-state index contributed by atoms with van der Waals surface area (Å²) in [5, 5.41) is 2.83. The standard InChI is InChI=1S/C18H16BrN3O3/c1-3-14-16(22-10-12(19)7-8-15(22)21-14)17(23)20-13-6-4-5-11(9-13)18(24)25-2/h4-10H,3H2,1-2H3,(H,20,23). The summed E-state index contributed by atoms with van der Waals surface area (Å²) in [4.78, 5) is 29.0. The molecule has 0 atom stereocenters. The molecule has 3 aromatic rings. The fraction of sp³-hybridized carbons (Fsp3) is 0.167. The lowest BCUT2D eigenvalue weighted by Gasteiger charge is -2.08. The van der Waals surface area contributed by atoms with Crippen molar-refractivity contribution >= 4 is 39.1 Å². The molecule has 25 heavy (non-hydrogen) atoms. The number of pyridine rings is 1. The van der Waals surface area contributed by atoms with Crippen LogP contribution < -0.4 is 5.32 Å². The first-order valence-electron chi connectivity index (χ1n) is 7.69. The van der Waals surface area contributed by atoms with E-state index in [1.807, 2.05) is 19.1 Å². The summed E-state index contributed by atoms with van der Waals surface area (Å²) >= 11 is 3.42. The fourth-order valence-electron chi connectivity index (χ4n) is 2.59. The Morgan fingerprint density at radius 1 is 1.28 bits per heavy atom. The van der Waals surface area contributed by atoms with Gasteiger partial charge in [0.2, 0.25) is 0 Å². The van der Waals surface area contributed by atoms with Gasteiger partial charge in [-0.05, 0) is 52.7 Å². The number of rotatable bonds is 4. The molecule has 0 fully saturated rings. The zero-order valence-electron chi connectivity index (χ0n) is 13.7. The van der Waals surface area contributed by atoms with Crippen LogP contribution in [0.25, 0.3) is 5.65 Å². The number of hydrogen-bond acceptors (Lipinski definition) is 4. The van der Waals surface area contributed by atoms with Crippen molar-refractivity contribution < 1.29 is 14.3 Å². The van der Waals surface area contributed by atoms with Gasteiger partial charge in [-0.15, -0.1) is 0 Å². The molecule has 128 valence electrons. The average molecular weight is 402 g/mol. The first-order chi connectivity index (χ1) is 12.0. The van der Waals surface area contributed by atoms with Gasteiger partial charge >= 0.3 is 5.97 Å². The van der Waals surface area contributed by atoms with E-state index in [1.54, 1.807) is 34.9 Å². The van der Waals surface area contributed by atoms with E-state index >= 15 is 0 Å². The number of carbonyl (C=O) groups excluding carboxylic acids is 2. The smallest absolute Gasteiger partial charge is 0.337 e. The predicted octanol–water partition coefficient (Wildman–Crippen LogP) is 3.70. The number of fused-ring (bicyclic) bond motifs is 1. The second kappa shape index (κ2) is 7.06. The zero-order chi connectivity index (χ0) is 18.0. The summed E-state index contributed by atoms with van der Waals surface area (Å²) in [5.41, 5.74) is 2.77. The first-order valence-corrected chi connectivity index (χ1v) is 8.49. The third-order valence-corrected chi connectivity index (χ3v) is 4.22. The quantitative estimate of drug-likeness (QED) is 0.676. The molecule has 0 saturated carbocycles. The molecule has 0 bridgehead atoms. The van der Waals surface area contributed by atoms with Crippen LogP contribution in [0, 0.1) is 0 Å². The Kier molecular flexibility index (Phi) is 4.85. The Labute approximate surface area is 153 Å². The van der Waals surface area contributed by atoms with Crippen molar-refractivity contribution in [2.24, 2.45) is 0 Å². The number of aromatic nitrogens is 2. The lowest BCUT2D eigenvalue weighted by atomic mass is 10.2. The number of methoxy groups -OCH3 is 1. The summed E-state index contributed by atoms with van der Waals surface area (Å²) in [7, 11) is 1.32. The van der Waals surface area contributed by atoms with Gasteiger partial charge in [0.05, 0.1) is 18.4 Å². The number of imidazole rings is 1. The highest BCUT2D eigenvalue weighted by Crippen LogP contribution is 2.20. The third-order valence-electron chi connectivity index (χ3n) is 3.75. The number of amides is 1. The maximum absolute atomic E-state index is 12.8. The number of hydrogen-bond donors (Lipinski definition) is 1. The second-order valence-corrected chi connectivity index (χ2v) is 6.28. The SMILES string of the molecule is CCc1nc2ccc(Br)cn2c1C(=O)Nc1cccc(C(=O)OC)c1. The molecule has 0 radical (unpaired) electrons. The number of anilines is 1. The molecule has 1 amide bonds. The van der Waals surface area contributed by atoms with Crippen LogP contribution in [0.5, 0.6) is 0 Å². The maximum atomic E-state index is 12.8. The molecule has 7 heteroatoms. The summed E-state index contributed by atoms with van der Waals surface area (Å²) in [6.45, 7) is 1.95. The van der Waals surface area contributed by atoms with Gasteiger partial charge in [0.25, 0.3) is 5.91 Å². The van der Waals surface area contributed by atoms with Crippen molar-refractivity contribution in [3.05, 3.63) is 64.0 Å². The van der Waals surface area contributed by atoms with Crippen molar-refractivity contribution in [2.75, 3.05) is 12.4 Å². The molecule has 0 aliphatic carbocycles. The van der Waals surface area contributed by atoms with E-state index in [9.17, 15) is 9.59 Å². The van der Waals surface area contributed by atoms with E-state index < -0.39 is 5.97 Å². The van der Waals surface area contributed by atoms with E-state index in [0.717, 1.165) is 4.47 Å². The van der Waals surface area contributed by atoms with E-state index in [4.69, 9.17) is 4.74 Å². The largest absolute Gasteiger partial charge is 0.465 e. The van der Waals surface area contributed by atoms with Crippen LogP contribution in [0.15, 0.2) is 47.1 Å². The lowest BCUT2D eigenvalue weighted by molar-refractivity contribution is 0.0600. The highest BCUT2D eigenvalue weighted by molar-refractivity contribution is 9.10. The van der Waals surface area contributed by atoms with Crippen molar-refractivity contribution in [3.63, 3.8) is 0 Å². The summed E-state index contributed by atoms with van der Waals surface area (Å²) in [6.07, 6.45) is 2.44. The Hall–Kier alpha value is -2.67. The summed E-state index contributed by atoms with van der Waals surface area (Å²) in [6, 6.07) is 10.3. The van der Waals surface area contributed by atoms with Crippen LogP contribution in [0.2, 0.25) is 0 Å². The van der Waals surface area contributed by atoms with E-state index in [1.165, 1.54) is 7.11 Å². The molecule has 0 aliphatic rings. The molecule has 0 unspecified atom stereocenters. The number of halogens is 1.